The van der Waals surface area contributed by atoms with Crippen LogP contribution in [0, 0.1) is 0 Å². The van der Waals surface area contributed by atoms with Gasteiger partial charge in [0.15, 0.2) is 0 Å². The summed E-state index contributed by atoms with van der Waals surface area (Å²) in [7, 11) is -3.20. The van der Waals surface area contributed by atoms with Crippen LogP contribution in [0.4, 0.5) is 26.3 Å². The normalized spacial score (nSPS) is 12.3. The largest absolute Gasteiger partial charge is 0.491 e. The molecule has 7 nitrogen and oxygen atoms in total. The second-order valence-corrected chi connectivity index (χ2v) is 3.69. The molecule has 0 unspecified atom stereocenters. The molecule has 0 atom stereocenters. The summed E-state index contributed by atoms with van der Waals surface area (Å²) < 4.78 is 82.7. The van der Waals surface area contributed by atoms with E-state index in [1.54, 1.807) is 0 Å². The van der Waals surface area contributed by atoms with Crippen molar-refractivity contribution in [3.63, 3.8) is 0 Å². The van der Waals surface area contributed by atoms with Gasteiger partial charge in [-0.05, 0) is 0 Å². The predicted molar refractivity (Wildman–Crippen MR) is 42.3 cm³/mol. The van der Waals surface area contributed by atoms with E-state index in [4.69, 9.17) is 9.79 Å². The minimum Gasteiger partial charge on any atom is -0.380 e. The lowest BCUT2D eigenvalue weighted by Gasteiger charge is -2.06. The molecule has 0 bridgehead atoms. The van der Waals surface area contributed by atoms with Crippen LogP contribution in [0.2, 0.25) is 0 Å². The van der Waals surface area contributed by atoms with Gasteiger partial charge in [0.05, 0.1) is 0 Å². The number of hydrogen-bond donors (Lipinski definition) is 2. The number of phosphoric ester groups is 1. The number of phosphoric acid groups is 1. The molecule has 0 aromatic carbocycles. The van der Waals surface area contributed by atoms with E-state index >= 15 is 0 Å². The Hall–Kier alpha value is -1.17. The zero-order chi connectivity index (χ0) is 16.1. The molecule has 114 valence electrons. The highest BCUT2D eigenvalue weighted by Gasteiger charge is 2.49. The quantitative estimate of drug-likeness (QED) is 0.319. The standard InChI is InChI=1S/C4F6O3.CH5O4P/c5-3(6,7)1(11)13-2(12)4(8,9)10;1-5-6(2,3)4/h;1H3,(H2,2,3,4). The molecule has 0 saturated carbocycles. The van der Waals surface area contributed by atoms with Crippen molar-refractivity contribution >= 4 is 19.8 Å². The monoisotopic (exact) mass is 322 g/mol. The first-order valence-corrected chi connectivity index (χ1v) is 5.15. The smallest absolute Gasteiger partial charge is 0.380 e. The Morgan fingerprint density at radius 3 is 1.26 bits per heavy atom. The van der Waals surface area contributed by atoms with Crippen LogP contribution in [0.1, 0.15) is 0 Å². The molecule has 0 aliphatic rings. The molecule has 0 radical (unpaired) electrons. The van der Waals surface area contributed by atoms with E-state index in [9.17, 15) is 40.5 Å². The van der Waals surface area contributed by atoms with Crippen molar-refractivity contribution in [1.82, 2.24) is 0 Å². The highest BCUT2D eigenvalue weighted by molar-refractivity contribution is 7.46. The first kappa shape index (κ1) is 20.2. The van der Waals surface area contributed by atoms with E-state index in [0.29, 0.717) is 0 Å². The van der Waals surface area contributed by atoms with Crippen LogP contribution in [-0.2, 0) is 23.4 Å². The third kappa shape index (κ3) is 11.6. The molecule has 0 aliphatic carbocycles. The summed E-state index contributed by atoms with van der Waals surface area (Å²) in [4.78, 5) is 34.7. The van der Waals surface area contributed by atoms with Gasteiger partial charge in [-0.3, -0.25) is 4.52 Å². The number of halogens is 6. The maximum absolute atomic E-state index is 11.2. The van der Waals surface area contributed by atoms with Crippen molar-refractivity contribution in [2.24, 2.45) is 0 Å². The molecule has 0 aromatic heterocycles. The fourth-order valence-corrected chi connectivity index (χ4v) is 0.200. The van der Waals surface area contributed by atoms with Gasteiger partial charge in [0.1, 0.15) is 0 Å². The average Bonchev–Trinajstić information content (AvgIpc) is 2.14. The summed E-state index contributed by atoms with van der Waals surface area (Å²) in [5.74, 6) is -6.40. The van der Waals surface area contributed by atoms with Crippen LogP contribution in [-0.4, -0.2) is 41.2 Å². The number of carbonyl (C=O) groups excluding carboxylic acids is 2. The van der Waals surface area contributed by atoms with Crippen LogP contribution in [0.3, 0.4) is 0 Å². The van der Waals surface area contributed by atoms with E-state index in [0.717, 1.165) is 7.11 Å². The molecule has 0 amide bonds. The average molecular weight is 322 g/mol. The number of esters is 2. The molecule has 0 heterocycles. The second kappa shape index (κ2) is 6.84. The fourth-order valence-electron chi connectivity index (χ4n) is 0.200. The Morgan fingerprint density at radius 2 is 1.16 bits per heavy atom. The molecule has 0 fully saturated rings. The highest BCUT2D eigenvalue weighted by Crippen LogP contribution is 2.33. The van der Waals surface area contributed by atoms with Crippen LogP contribution in [0.15, 0.2) is 0 Å². The van der Waals surface area contributed by atoms with E-state index in [2.05, 4.69) is 9.26 Å². The number of alkyl halides is 6. The Labute approximate surface area is 99.9 Å². The van der Waals surface area contributed by atoms with Gasteiger partial charge in [-0.1, -0.05) is 0 Å². The van der Waals surface area contributed by atoms with Crippen LogP contribution < -0.4 is 0 Å². The maximum atomic E-state index is 11.2. The summed E-state index contributed by atoms with van der Waals surface area (Å²) in [6.45, 7) is 0. The summed E-state index contributed by atoms with van der Waals surface area (Å²) >= 11 is 0. The third-order valence-electron chi connectivity index (χ3n) is 0.886. The Balaban J connectivity index is 0. The number of rotatable bonds is 1. The van der Waals surface area contributed by atoms with E-state index in [1.165, 1.54) is 0 Å². The molecule has 0 aromatic rings. The molecule has 0 rings (SSSR count). The minimum absolute atomic E-state index is 0.945. The molecule has 2 N–H and O–H groups in total. The Kier molecular flexibility index (Phi) is 7.26. The van der Waals surface area contributed by atoms with Gasteiger partial charge in [-0.15, -0.1) is 0 Å². The lowest BCUT2D eigenvalue weighted by atomic mass is 10.6. The Morgan fingerprint density at radius 1 is 0.947 bits per heavy atom. The minimum atomic E-state index is -5.62. The lowest BCUT2D eigenvalue weighted by Crippen LogP contribution is -2.34. The zero-order valence-corrected chi connectivity index (χ0v) is 9.55. The molecule has 0 saturated heterocycles. The van der Waals surface area contributed by atoms with Gasteiger partial charge in [0, 0.05) is 7.11 Å². The SMILES string of the molecule is COP(=O)(O)O.O=C(OC(=O)C(F)(F)F)C(F)(F)F. The molecule has 14 heteroatoms. The number of ether oxygens (including phenoxy) is 1. The summed E-state index contributed by atoms with van der Waals surface area (Å²) in [6.07, 6.45) is -11.2. The first-order valence-electron chi connectivity index (χ1n) is 3.62. The van der Waals surface area contributed by atoms with Crippen LogP contribution in [0.5, 0.6) is 0 Å². The second-order valence-electron chi connectivity index (χ2n) is 2.35. The van der Waals surface area contributed by atoms with Crippen molar-refractivity contribution in [1.29, 1.82) is 0 Å². The van der Waals surface area contributed by atoms with Gasteiger partial charge < -0.3 is 14.5 Å². The molecule has 0 aliphatic heterocycles. The third-order valence-corrected chi connectivity index (χ3v) is 1.36. The number of hydrogen-bond acceptors (Lipinski definition) is 5. The zero-order valence-electron chi connectivity index (χ0n) is 8.65. The molecular formula is C5H5F6O7P. The van der Waals surface area contributed by atoms with E-state index in [-0.39, 0.29) is 0 Å². The highest BCUT2D eigenvalue weighted by atomic mass is 31.2. The van der Waals surface area contributed by atoms with Gasteiger partial charge in [-0.2, -0.15) is 26.3 Å². The van der Waals surface area contributed by atoms with Crippen molar-refractivity contribution in [2.45, 2.75) is 12.4 Å². The van der Waals surface area contributed by atoms with Crippen molar-refractivity contribution in [3.05, 3.63) is 0 Å². The fraction of sp³-hybridized carbons (Fsp3) is 0.600. The molecule has 0 spiro atoms. The predicted octanol–water partition coefficient (Wildman–Crippen LogP) is 0.906. The van der Waals surface area contributed by atoms with Gasteiger partial charge in [0.25, 0.3) is 0 Å². The van der Waals surface area contributed by atoms with Gasteiger partial charge in [0.2, 0.25) is 0 Å². The summed E-state index contributed by atoms with van der Waals surface area (Å²) in [5.41, 5.74) is 0. The van der Waals surface area contributed by atoms with E-state index < -0.39 is 32.1 Å². The Bertz CT molecular complexity index is 343. The molecule has 19 heavy (non-hydrogen) atoms. The van der Waals surface area contributed by atoms with Gasteiger partial charge in [-0.25, -0.2) is 14.2 Å². The summed E-state index contributed by atoms with van der Waals surface area (Å²) in [5, 5.41) is 0. The van der Waals surface area contributed by atoms with Gasteiger partial charge >= 0.3 is 32.1 Å². The van der Waals surface area contributed by atoms with Crippen molar-refractivity contribution in [2.75, 3.05) is 7.11 Å². The van der Waals surface area contributed by atoms with Crippen molar-refractivity contribution < 1.29 is 59.5 Å². The van der Waals surface area contributed by atoms with E-state index in [1.807, 2.05) is 0 Å². The maximum Gasteiger partial charge on any atom is 0.491 e. The summed E-state index contributed by atoms with van der Waals surface area (Å²) in [6, 6.07) is 0. The topological polar surface area (TPSA) is 110 Å². The van der Waals surface area contributed by atoms with Crippen molar-refractivity contribution in [3.8, 4) is 0 Å². The lowest BCUT2D eigenvalue weighted by molar-refractivity contribution is -0.221. The molecular weight excluding hydrogens is 317 g/mol. The van der Waals surface area contributed by atoms with Crippen LogP contribution >= 0.6 is 7.82 Å². The number of carbonyl (C=O) groups is 2. The first-order chi connectivity index (χ1) is 8.11. The van der Waals surface area contributed by atoms with Crippen LogP contribution in [0.25, 0.3) is 0 Å².